The molecule has 0 saturated heterocycles. The Morgan fingerprint density at radius 2 is 1.50 bits per heavy atom. The number of benzene rings is 5. The molecule has 3 amide bonds. The number of nitrogens with one attached hydrogen (secondary N) is 3. The van der Waals surface area contributed by atoms with E-state index in [0.29, 0.717) is 21.4 Å². The van der Waals surface area contributed by atoms with Gasteiger partial charge in [-0.15, -0.1) is 23.1 Å². The summed E-state index contributed by atoms with van der Waals surface area (Å²) in [6, 6.07) is 40.5. The Bertz CT molecular complexity index is 2190. The van der Waals surface area contributed by atoms with Gasteiger partial charge in [-0.3, -0.25) is 14.4 Å². The number of amides is 3. The van der Waals surface area contributed by atoms with Crippen LogP contribution < -0.4 is 20.9 Å². The first kappa shape index (κ1) is 36.1. The summed E-state index contributed by atoms with van der Waals surface area (Å²) in [7, 11) is 3.90. The van der Waals surface area contributed by atoms with Gasteiger partial charge in [-0.25, -0.2) is 4.98 Å². The lowest BCUT2D eigenvalue weighted by Gasteiger charge is -2.17. The predicted molar refractivity (Wildman–Crippen MR) is 214 cm³/mol. The molecule has 260 valence electrons. The maximum absolute atomic E-state index is 13.8. The van der Waals surface area contributed by atoms with Crippen molar-refractivity contribution >= 4 is 75.0 Å². The van der Waals surface area contributed by atoms with Crippen LogP contribution in [0.5, 0.6) is 0 Å². The minimum Gasteiger partial charge on any atom is -0.378 e. The van der Waals surface area contributed by atoms with Crippen molar-refractivity contribution in [2.24, 2.45) is 0 Å². The molecule has 3 N–H and O–H groups in total. The van der Waals surface area contributed by atoms with Crippen LogP contribution in [0.25, 0.3) is 17.3 Å². The highest BCUT2D eigenvalue weighted by Crippen LogP contribution is 2.38. The summed E-state index contributed by atoms with van der Waals surface area (Å²) in [5, 5.41) is 11.1. The smallest absolute Gasteiger partial charge is 0.272 e. The standard InChI is InChI=1S/C41H34ClN5O3S2/c1-47(2)33-22-16-27(17-23-33)24-35(44-38(48)30-12-7-4-8-13-30)39(49)43-32-14-9-15-34(25-32)52-37(29-10-5-3-6-11-29)40(50)46-41-45-36(26-51-41)28-18-20-31(42)21-19-28/h3-26,37H,1-2H3,(H,43,49)(H,44,48)(H,45,46,50)/b35-24+. The Kier molecular flexibility index (Phi) is 11.8. The second kappa shape index (κ2) is 17.0. The molecule has 0 spiro atoms. The Morgan fingerprint density at radius 3 is 2.19 bits per heavy atom. The van der Waals surface area contributed by atoms with E-state index in [1.807, 2.05) is 109 Å². The maximum Gasteiger partial charge on any atom is 0.272 e. The van der Waals surface area contributed by atoms with Gasteiger partial charge in [-0.05, 0) is 71.8 Å². The summed E-state index contributed by atoms with van der Waals surface area (Å²) in [5.41, 5.74) is 5.19. The number of aromatic nitrogens is 1. The van der Waals surface area contributed by atoms with Crippen LogP contribution >= 0.6 is 34.7 Å². The van der Waals surface area contributed by atoms with Crippen molar-refractivity contribution in [3.63, 3.8) is 0 Å². The number of hydrogen-bond donors (Lipinski definition) is 3. The molecular formula is C41H34ClN5O3S2. The van der Waals surface area contributed by atoms with Gasteiger partial charge < -0.3 is 20.9 Å². The Labute approximate surface area is 315 Å². The SMILES string of the molecule is CN(C)c1ccc(/C=C(/NC(=O)c2ccccc2)C(=O)Nc2cccc(SC(C(=O)Nc3nc(-c4ccc(Cl)cc4)cs3)c3ccccc3)c2)cc1. The number of thioether (sulfide) groups is 1. The van der Waals surface area contributed by atoms with Gasteiger partial charge in [0, 0.05) is 51.9 Å². The first-order valence-electron chi connectivity index (χ1n) is 16.2. The van der Waals surface area contributed by atoms with Gasteiger partial charge in [0.25, 0.3) is 11.8 Å². The maximum atomic E-state index is 13.8. The molecule has 11 heteroatoms. The summed E-state index contributed by atoms with van der Waals surface area (Å²) >= 11 is 8.74. The molecule has 1 unspecified atom stereocenters. The molecule has 1 atom stereocenters. The minimum atomic E-state index is -0.624. The number of hydrogen-bond acceptors (Lipinski definition) is 7. The van der Waals surface area contributed by atoms with E-state index in [1.165, 1.54) is 23.1 Å². The Morgan fingerprint density at radius 1 is 0.808 bits per heavy atom. The number of anilines is 3. The number of carbonyl (C=O) groups is 3. The fraction of sp³-hybridized carbons (Fsp3) is 0.0732. The van der Waals surface area contributed by atoms with Crippen molar-refractivity contribution in [1.82, 2.24) is 10.3 Å². The lowest BCUT2D eigenvalue weighted by Crippen LogP contribution is -2.30. The number of halogens is 1. The average molecular weight is 744 g/mol. The second-order valence-corrected chi connectivity index (χ2v) is 14.3. The van der Waals surface area contributed by atoms with Crippen molar-refractivity contribution in [2.45, 2.75) is 10.1 Å². The first-order valence-corrected chi connectivity index (χ1v) is 18.4. The van der Waals surface area contributed by atoms with E-state index >= 15 is 0 Å². The van der Waals surface area contributed by atoms with Gasteiger partial charge >= 0.3 is 0 Å². The highest BCUT2D eigenvalue weighted by molar-refractivity contribution is 8.00. The number of nitrogens with zero attached hydrogens (tertiary/aromatic N) is 2. The van der Waals surface area contributed by atoms with E-state index in [4.69, 9.17) is 11.6 Å². The van der Waals surface area contributed by atoms with E-state index in [-0.39, 0.29) is 11.6 Å². The second-order valence-electron chi connectivity index (χ2n) is 11.8. The van der Waals surface area contributed by atoms with E-state index in [2.05, 4.69) is 20.9 Å². The molecule has 5 aromatic carbocycles. The molecule has 0 fully saturated rings. The van der Waals surface area contributed by atoms with Gasteiger partial charge in [0.05, 0.1) is 5.69 Å². The summed E-state index contributed by atoms with van der Waals surface area (Å²) in [6.45, 7) is 0. The fourth-order valence-electron chi connectivity index (χ4n) is 5.12. The van der Waals surface area contributed by atoms with E-state index in [1.54, 1.807) is 54.6 Å². The highest BCUT2D eigenvalue weighted by Gasteiger charge is 2.24. The van der Waals surface area contributed by atoms with Gasteiger partial charge in [-0.2, -0.15) is 0 Å². The average Bonchev–Trinajstić information content (AvgIpc) is 3.63. The quantitative estimate of drug-likeness (QED) is 0.0853. The van der Waals surface area contributed by atoms with Crippen LogP contribution in [0.3, 0.4) is 0 Å². The molecule has 6 aromatic rings. The third kappa shape index (κ3) is 9.55. The zero-order valence-electron chi connectivity index (χ0n) is 28.2. The predicted octanol–water partition coefficient (Wildman–Crippen LogP) is 9.41. The summed E-state index contributed by atoms with van der Waals surface area (Å²) < 4.78 is 0. The van der Waals surface area contributed by atoms with Gasteiger partial charge in [0.1, 0.15) is 10.9 Å². The van der Waals surface area contributed by atoms with E-state index < -0.39 is 17.1 Å². The Balaban J connectivity index is 1.21. The molecule has 0 radical (unpaired) electrons. The zero-order chi connectivity index (χ0) is 36.5. The largest absolute Gasteiger partial charge is 0.378 e. The molecule has 0 saturated carbocycles. The molecule has 52 heavy (non-hydrogen) atoms. The minimum absolute atomic E-state index is 0.0764. The van der Waals surface area contributed by atoms with Gasteiger partial charge in [0.2, 0.25) is 5.91 Å². The first-order chi connectivity index (χ1) is 25.2. The molecule has 8 nitrogen and oxygen atoms in total. The molecule has 1 heterocycles. The molecule has 0 bridgehead atoms. The number of thiazole rings is 1. The van der Waals surface area contributed by atoms with E-state index in [9.17, 15) is 14.4 Å². The van der Waals surface area contributed by atoms with Crippen molar-refractivity contribution < 1.29 is 14.4 Å². The molecule has 6 rings (SSSR count). The lowest BCUT2D eigenvalue weighted by atomic mass is 10.1. The lowest BCUT2D eigenvalue weighted by molar-refractivity contribution is -0.116. The molecule has 0 aliphatic heterocycles. The van der Waals surface area contributed by atoms with Crippen LogP contribution in [0.15, 0.2) is 149 Å². The summed E-state index contributed by atoms with van der Waals surface area (Å²) in [5.74, 6) is -1.15. The van der Waals surface area contributed by atoms with Gasteiger partial charge in [-0.1, -0.05) is 90.5 Å². The number of carbonyl (C=O) groups excluding carboxylic acids is 3. The van der Waals surface area contributed by atoms with Crippen molar-refractivity contribution in [3.05, 3.63) is 166 Å². The van der Waals surface area contributed by atoms with E-state index in [0.717, 1.165) is 33.0 Å². The normalized spacial score (nSPS) is 11.7. The van der Waals surface area contributed by atoms with Crippen LogP contribution in [0, 0.1) is 0 Å². The highest BCUT2D eigenvalue weighted by atomic mass is 35.5. The third-order valence-corrected chi connectivity index (χ3v) is 10.1. The van der Waals surface area contributed by atoms with Crippen molar-refractivity contribution in [1.29, 1.82) is 0 Å². The molecule has 1 aromatic heterocycles. The molecular weight excluding hydrogens is 710 g/mol. The zero-order valence-corrected chi connectivity index (χ0v) is 30.6. The van der Waals surface area contributed by atoms with Gasteiger partial charge in [0.15, 0.2) is 5.13 Å². The summed E-state index contributed by atoms with van der Waals surface area (Å²) in [4.78, 5) is 48.1. The Hall–Kier alpha value is -5.68. The molecule has 0 aliphatic rings. The third-order valence-electron chi connectivity index (χ3n) is 7.81. The summed E-state index contributed by atoms with van der Waals surface area (Å²) in [6.07, 6.45) is 1.64. The van der Waals surface area contributed by atoms with Crippen LogP contribution in [-0.2, 0) is 9.59 Å². The number of rotatable bonds is 12. The van der Waals surface area contributed by atoms with Crippen LogP contribution in [-0.4, -0.2) is 36.8 Å². The van der Waals surface area contributed by atoms with Crippen molar-refractivity contribution in [3.8, 4) is 11.3 Å². The molecule has 0 aliphatic carbocycles. The monoisotopic (exact) mass is 743 g/mol. The topological polar surface area (TPSA) is 103 Å². The van der Waals surface area contributed by atoms with Crippen LogP contribution in [0.1, 0.15) is 26.7 Å². The van der Waals surface area contributed by atoms with Crippen molar-refractivity contribution in [2.75, 3.05) is 29.6 Å². The van der Waals surface area contributed by atoms with Crippen LogP contribution in [0.4, 0.5) is 16.5 Å². The van der Waals surface area contributed by atoms with Crippen LogP contribution in [0.2, 0.25) is 5.02 Å². The fourth-order valence-corrected chi connectivity index (χ4v) is 7.05.